The molecule has 7 heteroatoms. The topological polar surface area (TPSA) is 65.1 Å². The molecule has 3 rings (SSSR count). The van der Waals surface area contributed by atoms with E-state index in [0.717, 1.165) is 64.2 Å². The number of hydrogen-bond donors (Lipinski definition) is 1. The minimum absolute atomic E-state index is 0.0977. The molecule has 1 atom stereocenters. The van der Waals surface area contributed by atoms with E-state index in [2.05, 4.69) is 28.1 Å². The van der Waals surface area contributed by atoms with E-state index in [1.54, 1.807) is 12.0 Å². The summed E-state index contributed by atoms with van der Waals surface area (Å²) >= 11 is 0. The van der Waals surface area contributed by atoms with Crippen molar-refractivity contribution in [3.63, 3.8) is 0 Å². The van der Waals surface area contributed by atoms with Gasteiger partial charge in [0, 0.05) is 65.0 Å². The Morgan fingerprint density at radius 1 is 1.18 bits per heavy atom. The van der Waals surface area contributed by atoms with Crippen LogP contribution >= 0.6 is 0 Å². The molecule has 158 valence electrons. The van der Waals surface area contributed by atoms with Crippen LogP contribution in [0.5, 0.6) is 0 Å². The first kappa shape index (κ1) is 21.3. The Bertz CT molecular complexity index is 586. The van der Waals surface area contributed by atoms with Crippen LogP contribution in [0.25, 0.3) is 0 Å². The summed E-state index contributed by atoms with van der Waals surface area (Å²) < 4.78 is 5.18. The molecule has 0 aromatic heterocycles. The molecule has 0 radical (unpaired) electrons. The molecule has 2 saturated heterocycles. The Labute approximate surface area is 169 Å². The first-order valence-corrected chi connectivity index (χ1v) is 10.8. The standard InChI is InChI=1S/C21H36N4O3/c1-3-23-12-14-24(15-13-23)11-10-22-20(27)21-8-5-4-6-18(21)25(16-17-28-2)19(26)7-9-21/h6H,3-5,7-17H2,1-2H3,(H,22,27). The second-order valence-corrected chi connectivity index (χ2v) is 8.13. The lowest BCUT2D eigenvalue weighted by Crippen LogP contribution is -2.54. The smallest absolute Gasteiger partial charge is 0.232 e. The summed E-state index contributed by atoms with van der Waals surface area (Å²) in [4.78, 5) is 32.4. The number of nitrogens with one attached hydrogen (secondary N) is 1. The SMILES string of the molecule is CCN1CCN(CCNC(=O)C23CCCC=C2N(CCOC)C(=O)CC3)CC1. The van der Waals surface area contributed by atoms with Crippen molar-refractivity contribution in [1.29, 1.82) is 0 Å². The van der Waals surface area contributed by atoms with Gasteiger partial charge in [-0.25, -0.2) is 0 Å². The number of carbonyl (C=O) groups excluding carboxylic acids is 2. The third-order valence-electron chi connectivity index (χ3n) is 6.57. The molecular formula is C21H36N4O3. The van der Waals surface area contributed by atoms with Crippen LogP contribution in [0.2, 0.25) is 0 Å². The predicted molar refractivity (Wildman–Crippen MR) is 109 cm³/mol. The van der Waals surface area contributed by atoms with Crippen LogP contribution < -0.4 is 5.32 Å². The van der Waals surface area contributed by atoms with Crippen molar-refractivity contribution in [2.24, 2.45) is 5.41 Å². The highest BCUT2D eigenvalue weighted by Gasteiger charge is 2.49. The lowest BCUT2D eigenvalue weighted by Gasteiger charge is -2.46. The third-order valence-corrected chi connectivity index (χ3v) is 6.57. The number of allylic oxidation sites excluding steroid dienone is 1. The minimum Gasteiger partial charge on any atom is -0.383 e. The fourth-order valence-electron chi connectivity index (χ4n) is 4.77. The van der Waals surface area contributed by atoms with Crippen molar-refractivity contribution in [1.82, 2.24) is 20.0 Å². The molecular weight excluding hydrogens is 356 g/mol. The molecule has 1 unspecified atom stereocenters. The van der Waals surface area contributed by atoms with Gasteiger partial charge >= 0.3 is 0 Å². The summed E-state index contributed by atoms with van der Waals surface area (Å²) in [5.74, 6) is 0.211. The summed E-state index contributed by atoms with van der Waals surface area (Å²) in [6.45, 7) is 10.3. The number of piperidine rings is 1. The minimum atomic E-state index is -0.541. The molecule has 1 aliphatic carbocycles. The van der Waals surface area contributed by atoms with Crippen LogP contribution in [0.3, 0.4) is 0 Å². The largest absolute Gasteiger partial charge is 0.383 e. The molecule has 1 N–H and O–H groups in total. The number of nitrogens with zero attached hydrogens (tertiary/aromatic N) is 3. The molecule has 0 saturated carbocycles. The lowest BCUT2D eigenvalue weighted by atomic mass is 9.69. The molecule has 3 aliphatic rings. The van der Waals surface area contributed by atoms with E-state index in [9.17, 15) is 9.59 Å². The number of carbonyl (C=O) groups is 2. The van der Waals surface area contributed by atoms with Crippen LogP contribution in [0, 0.1) is 5.41 Å². The second-order valence-electron chi connectivity index (χ2n) is 8.13. The lowest BCUT2D eigenvalue weighted by molar-refractivity contribution is -0.141. The van der Waals surface area contributed by atoms with Gasteiger partial charge in [0.05, 0.1) is 12.0 Å². The summed E-state index contributed by atoms with van der Waals surface area (Å²) in [5, 5.41) is 3.20. The van der Waals surface area contributed by atoms with Crippen molar-refractivity contribution in [3.8, 4) is 0 Å². The number of likely N-dealkylation sites (N-methyl/N-ethyl adjacent to an activating group) is 1. The Morgan fingerprint density at radius 2 is 1.93 bits per heavy atom. The van der Waals surface area contributed by atoms with Crippen LogP contribution in [0.15, 0.2) is 11.8 Å². The fourth-order valence-corrected chi connectivity index (χ4v) is 4.77. The maximum absolute atomic E-state index is 13.3. The van der Waals surface area contributed by atoms with Crippen LogP contribution in [0.1, 0.15) is 39.0 Å². The molecule has 28 heavy (non-hydrogen) atoms. The van der Waals surface area contributed by atoms with Gasteiger partial charge in [-0.05, 0) is 32.2 Å². The van der Waals surface area contributed by atoms with Gasteiger partial charge in [-0.2, -0.15) is 0 Å². The molecule has 2 heterocycles. The Kier molecular flexibility index (Phi) is 7.48. The van der Waals surface area contributed by atoms with E-state index in [0.29, 0.717) is 32.5 Å². The zero-order chi connectivity index (χ0) is 20.0. The van der Waals surface area contributed by atoms with Crippen molar-refractivity contribution in [2.45, 2.75) is 39.0 Å². The molecule has 2 fully saturated rings. The quantitative estimate of drug-likeness (QED) is 0.669. The van der Waals surface area contributed by atoms with Crippen molar-refractivity contribution < 1.29 is 14.3 Å². The first-order chi connectivity index (χ1) is 13.6. The molecule has 2 amide bonds. The van der Waals surface area contributed by atoms with Crippen molar-refractivity contribution in [2.75, 3.05) is 66.1 Å². The molecule has 0 bridgehead atoms. The number of amides is 2. The number of methoxy groups -OCH3 is 1. The van der Waals surface area contributed by atoms with Crippen molar-refractivity contribution >= 4 is 11.8 Å². The molecule has 0 aromatic carbocycles. The zero-order valence-corrected chi connectivity index (χ0v) is 17.5. The van der Waals surface area contributed by atoms with Crippen molar-refractivity contribution in [3.05, 3.63) is 11.8 Å². The second kappa shape index (κ2) is 9.85. The van der Waals surface area contributed by atoms with Gasteiger partial charge in [-0.15, -0.1) is 0 Å². The van der Waals surface area contributed by atoms with Gasteiger partial charge in [-0.1, -0.05) is 13.0 Å². The van der Waals surface area contributed by atoms with Gasteiger partial charge in [0.25, 0.3) is 0 Å². The predicted octanol–water partition coefficient (Wildman–Crippen LogP) is 1.06. The average molecular weight is 393 g/mol. The van der Waals surface area contributed by atoms with Gasteiger partial charge in [0.1, 0.15) is 0 Å². The number of likely N-dealkylation sites (tertiary alicyclic amines) is 1. The number of piperazine rings is 1. The van der Waals surface area contributed by atoms with Gasteiger partial charge in [0.15, 0.2) is 0 Å². The Hall–Kier alpha value is -1.44. The first-order valence-electron chi connectivity index (χ1n) is 10.8. The number of hydrogen-bond acceptors (Lipinski definition) is 5. The number of fused-ring (bicyclic) bond motifs is 1. The maximum Gasteiger partial charge on any atom is 0.232 e. The van der Waals surface area contributed by atoms with Crippen LogP contribution in [0.4, 0.5) is 0 Å². The third kappa shape index (κ3) is 4.58. The maximum atomic E-state index is 13.3. The van der Waals surface area contributed by atoms with E-state index in [-0.39, 0.29) is 11.8 Å². The van der Waals surface area contributed by atoms with Gasteiger partial charge < -0.3 is 19.9 Å². The number of rotatable bonds is 8. The van der Waals surface area contributed by atoms with Crippen LogP contribution in [-0.4, -0.2) is 92.6 Å². The van der Waals surface area contributed by atoms with E-state index in [4.69, 9.17) is 4.74 Å². The highest BCUT2D eigenvalue weighted by molar-refractivity contribution is 5.91. The fraction of sp³-hybridized carbons (Fsp3) is 0.810. The highest BCUT2D eigenvalue weighted by atomic mass is 16.5. The highest BCUT2D eigenvalue weighted by Crippen LogP contribution is 2.46. The molecule has 0 aromatic rings. The molecule has 0 spiro atoms. The summed E-state index contributed by atoms with van der Waals surface area (Å²) in [6, 6.07) is 0. The normalized spacial score (nSPS) is 26.7. The van der Waals surface area contributed by atoms with Gasteiger partial charge in [0.2, 0.25) is 11.8 Å². The monoisotopic (exact) mass is 392 g/mol. The Morgan fingerprint density at radius 3 is 2.64 bits per heavy atom. The van der Waals surface area contributed by atoms with Gasteiger partial charge in [-0.3, -0.25) is 14.5 Å². The summed E-state index contributed by atoms with van der Waals surface area (Å²) in [5.41, 5.74) is 0.377. The zero-order valence-electron chi connectivity index (χ0n) is 17.5. The molecule has 2 aliphatic heterocycles. The van der Waals surface area contributed by atoms with E-state index in [1.807, 2.05) is 0 Å². The van der Waals surface area contributed by atoms with Crippen LogP contribution in [-0.2, 0) is 14.3 Å². The Balaban J connectivity index is 1.58. The van der Waals surface area contributed by atoms with E-state index in [1.165, 1.54) is 0 Å². The van der Waals surface area contributed by atoms with E-state index >= 15 is 0 Å². The number of ether oxygens (including phenoxy) is 1. The average Bonchev–Trinajstić information content (AvgIpc) is 2.73. The summed E-state index contributed by atoms with van der Waals surface area (Å²) in [6.07, 6.45) is 5.94. The van der Waals surface area contributed by atoms with E-state index < -0.39 is 5.41 Å². The summed E-state index contributed by atoms with van der Waals surface area (Å²) in [7, 11) is 1.64. The molecule has 7 nitrogen and oxygen atoms in total.